The molecular formula is C15H14ClNO2S. The molecule has 0 amide bonds. The topological polar surface area (TPSA) is 40.5 Å². The monoisotopic (exact) mass is 307 g/mol. The van der Waals surface area contributed by atoms with Gasteiger partial charge in [0.2, 0.25) is 0 Å². The largest absolute Gasteiger partial charge is 0.478 e. The summed E-state index contributed by atoms with van der Waals surface area (Å²) >= 11 is 7.88. The first-order chi connectivity index (χ1) is 9.56. The third-order valence-electron chi connectivity index (χ3n) is 2.80. The van der Waals surface area contributed by atoms with Crippen molar-refractivity contribution < 1.29 is 9.90 Å². The fourth-order valence-corrected chi connectivity index (χ4v) is 2.77. The van der Waals surface area contributed by atoms with Crippen molar-refractivity contribution in [3.8, 4) is 0 Å². The molecule has 3 nitrogen and oxygen atoms in total. The highest BCUT2D eigenvalue weighted by atomic mass is 35.5. The van der Waals surface area contributed by atoms with Crippen LogP contribution >= 0.6 is 22.9 Å². The molecule has 2 aromatic rings. The molecule has 0 radical (unpaired) electrons. The van der Waals surface area contributed by atoms with E-state index >= 15 is 0 Å². The molecule has 20 heavy (non-hydrogen) atoms. The van der Waals surface area contributed by atoms with Crippen LogP contribution in [-0.2, 0) is 11.3 Å². The van der Waals surface area contributed by atoms with Crippen molar-refractivity contribution in [1.29, 1.82) is 0 Å². The first-order valence-corrected chi connectivity index (χ1v) is 7.26. The van der Waals surface area contributed by atoms with Gasteiger partial charge < -0.3 is 10.0 Å². The number of rotatable bonds is 5. The SMILES string of the molecule is CN(Cc1cccs1)c1ccc(/C=C/C(=O)O)c(Cl)c1. The highest BCUT2D eigenvalue weighted by Crippen LogP contribution is 2.25. The van der Waals surface area contributed by atoms with Crippen LogP contribution in [0.25, 0.3) is 6.08 Å². The van der Waals surface area contributed by atoms with Gasteiger partial charge in [0.05, 0.1) is 6.54 Å². The molecule has 1 aromatic heterocycles. The molecule has 1 heterocycles. The molecular weight excluding hydrogens is 294 g/mol. The molecule has 2 rings (SSSR count). The van der Waals surface area contributed by atoms with Crippen molar-refractivity contribution in [2.75, 3.05) is 11.9 Å². The van der Waals surface area contributed by atoms with Gasteiger partial charge in [0.25, 0.3) is 0 Å². The molecule has 0 aliphatic carbocycles. The number of carboxylic acid groups (broad SMARTS) is 1. The summed E-state index contributed by atoms with van der Waals surface area (Å²) in [6.07, 6.45) is 2.57. The van der Waals surface area contributed by atoms with E-state index in [4.69, 9.17) is 16.7 Å². The third kappa shape index (κ3) is 3.85. The number of carbonyl (C=O) groups is 1. The van der Waals surface area contributed by atoms with Gasteiger partial charge in [0.15, 0.2) is 0 Å². The first-order valence-electron chi connectivity index (χ1n) is 6.00. The summed E-state index contributed by atoms with van der Waals surface area (Å²) in [5.74, 6) is -0.986. The lowest BCUT2D eigenvalue weighted by atomic mass is 10.2. The van der Waals surface area contributed by atoms with Gasteiger partial charge in [-0.25, -0.2) is 4.79 Å². The number of benzene rings is 1. The van der Waals surface area contributed by atoms with E-state index in [1.165, 1.54) is 11.0 Å². The van der Waals surface area contributed by atoms with E-state index in [2.05, 4.69) is 16.3 Å². The number of carboxylic acids is 1. The Kier molecular flexibility index (Phi) is 4.82. The van der Waals surface area contributed by atoms with Gasteiger partial charge in [-0.15, -0.1) is 11.3 Å². The number of anilines is 1. The number of hydrogen-bond acceptors (Lipinski definition) is 3. The van der Waals surface area contributed by atoms with Crippen molar-refractivity contribution >= 4 is 40.7 Å². The molecule has 0 fully saturated rings. The van der Waals surface area contributed by atoms with E-state index in [0.717, 1.165) is 18.3 Å². The molecule has 0 atom stereocenters. The van der Waals surface area contributed by atoms with Crippen LogP contribution in [0.4, 0.5) is 5.69 Å². The van der Waals surface area contributed by atoms with Crippen LogP contribution in [0.2, 0.25) is 5.02 Å². The average molecular weight is 308 g/mol. The average Bonchev–Trinajstić information content (AvgIpc) is 2.89. The Morgan fingerprint density at radius 1 is 1.45 bits per heavy atom. The second kappa shape index (κ2) is 6.59. The Bertz CT molecular complexity index is 623. The van der Waals surface area contributed by atoms with E-state index in [9.17, 15) is 4.79 Å². The van der Waals surface area contributed by atoms with Gasteiger partial charge in [0.1, 0.15) is 0 Å². The fourth-order valence-electron chi connectivity index (χ4n) is 1.78. The summed E-state index contributed by atoms with van der Waals surface area (Å²) in [5, 5.41) is 11.2. The zero-order valence-corrected chi connectivity index (χ0v) is 12.5. The predicted octanol–water partition coefficient (Wildman–Crippen LogP) is 4.14. The molecule has 0 aliphatic rings. The Morgan fingerprint density at radius 2 is 2.25 bits per heavy atom. The Hall–Kier alpha value is -1.78. The van der Waals surface area contributed by atoms with Gasteiger partial charge in [-0.3, -0.25) is 0 Å². The van der Waals surface area contributed by atoms with Crippen LogP contribution in [-0.4, -0.2) is 18.1 Å². The molecule has 104 valence electrons. The first kappa shape index (κ1) is 14.6. The fraction of sp³-hybridized carbons (Fsp3) is 0.133. The summed E-state index contributed by atoms with van der Waals surface area (Å²) in [5.41, 5.74) is 1.69. The smallest absolute Gasteiger partial charge is 0.328 e. The maximum atomic E-state index is 10.5. The van der Waals surface area contributed by atoms with Crippen LogP contribution in [0.3, 0.4) is 0 Å². The summed E-state index contributed by atoms with van der Waals surface area (Å²) in [7, 11) is 2.00. The highest BCUT2D eigenvalue weighted by Gasteiger charge is 2.06. The highest BCUT2D eigenvalue weighted by molar-refractivity contribution is 7.09. The van der Waals surface area contributed by atoms with Gasteiger partial charge in [-0.05, 0) is 35.2 Å². The minimum atomic E-state index is -0.986. The van der Waals surface area contributed by atoms with Gasteiger partial charge in [-0.1, -0.05) is 23.7 Å². The van der Waals surface area contributed by atoms with Crippen molar-refractivity contribution in [2.24, 2.45) is 0 Å². The van der Waals surface area contributed by atoms with Gasteiger partial charge in [-0.2, -0.15) is 0 Å². The maximum Gasteiger partial charge on any atom is 0.328 e. The van der Waals surface area contributed by atoms with E-state index in [0.29, 0.717) is 10.6 Å². The van der Waals surface area contributed by atoms with Crippen LogP contribution in [0.1, 0.15) is 10.4 Å². The predicted molar refractivity (Wildman–Crippen MR) is 84.5 cm³/mol. The third-order valence-corrected chi connectivity index (χ3v) is 3.99. The van der Waals surface area contributed by atoms with E-state index in [1.807, 2.05) is 31.3 Å². The van der Waals surface area contributed by atoms with Crippen molar-refractivity contribution in [3.05, 3.63) is 57.3 Å². The Balaban J connectivity index is 2.13. The second-order valence-electron chi connectivity index (χ2n) is 4.31. The standard InChI is InChI=1S/C15H14ClNO2S/c1-17(10-13-3-2-8-20-13)12-6-4-11(14(16)9-12)5-7-15(18)19/h2-9H,10H2,1H3,(H,18,19)/b7-5+. The number of thiophene rings is 1. The molecule has 1 N–H and O–H groups in total. The summed E-state index contributed by atoms with van der Waals surface area (Å²) in [4.78, 5) is 13.9. The minimum Gasteiger partial charge on any atom is -0.478 e. The summed E-state index contributed by atoms with van der Waals surface area (Å²) in [6.45, 7) is 0.818. The lowest BCUT2D eigenvalue weighted by molar-refractivity contribution is -0.131. The molecule has 0 saturated carbocycles. The van der Waals surface area contributed by atoms with Crippen molar-refractivity contribution in [3.63, 3.8) is 0 Å². The quantitative estimate of drug-likeness (QED) is 0.844. The van der Waals surface area contributed by atoms with E-state index < -0.39 is 5.97 Å². The number of halogens is 1. The lowest BCUT2D eigenvalue weighted by Crippen LogP contribution is -2.15. The van der Waals surface area contributed by atoms with Crippen LogP contribution in [0.5, 0.6) is 0 Å². The second-order valence-corrected chi connectivity index (χ2v) is 5.75. The van der Waals surface area contributed by atoms with Crippen molar-refractivity contribution in [1.82, 2.24) is 0 Å². The number of aliphatic carboxylic acids is 1. The Morgan fingerprint density at radius 3 is 2.85 bits per heavy atom. The lowest BCUT2D eigenvalue weighted by Gasteiger charge is -2.19. The molecule has 5 heteroatoms. The number of nitrogens with zero attached hydrogens (tertiary/aromatic N) is 1. The van der Waals surface area contributed by atoms with Gasteiger partial charge >= 0.3 is 5.97 Å². The number of hydrogen-bond donors (Lipinski definition) is 1. The molecule has 0 saturated heterocycles. The summed E-state index contributed by atoms with van der Waals surface area (Å²) < 4.78 is 0. The minimum absolute atomic E-state index is 0.540. The molecule has 0 aliphatic heterocycles. The maximum absolute atomic E-state index is 10.5. The van der Waals surface area contributed by atoms with Crippen LogP contribution in [0, 0.1) is 0 Å². The normalized spacial score (nSPS) is 10.9. The Labute approximate surface area is 126 Å². The van der Waals surface area contributed by atoms with Crippen LogP contribution in [0.15, 0.2) is 41.8 Å². The summed E-state index contributed by atoms with van der Waals surface area (Å²) in [6, 6.07) is 9.72. The van der Waals surface area contributed by atoms with Gasteiger partial charge in [0, 0.05) is 28.7 Å². The van der Waals surface area contributed by atoms with Crippen molar-refractivity contribution in [2.45, 2.75) is 6.54 Å². The zero-order chi connectivity index (χ0) is 14.5. The zero-order valence-electron chi connectivity index (χ0n) is 10.9. The molecule has 0 spiro atoms. The molecule has 1 aromatic carbocycles. The molecule has 0 unspecified atom stereocenters. The molecule has 0 bridgehead atoms. The van der Waals surface area contributed by atoms with E-state index in [-0.39, 0.29) is 0 Å². The van der Waals surface area contributed by atoms with Crippen LogP contribution < -0.4 is 4.90 Å². The van der Waals surface area contributed by atoms with E-state index in [1.54, 1.807) is 11.3 Å².